The molecule has 1 unspecified atom stereocenters. The molecule has 4 heteroatoms. The van der Waals surface area contributed by atoms with Crippen molar-refractivity contribution >= 4 is 11.0 Å². The summed E-state index contributed by atoms with van der Waals surface area (Å²) in [5, 5.41) is 0.614. The molecule has 0 bridgehead atoms. The second-order valence-corrected chi connectivity index (χ2v) is 4.76. The molecule has 0 amide bonds. The summed E-state index contributed by atoms with van der Waals surface area (Å²) >= 11 is 0. The number of halogens is 2. The first-order valence-electron chi connectivity index (χ1n) is 6.26. The third-order valence-corrected chi connectivity index (χ3v) is 3.38. The Morgan fingerprint density at radius 1 is 1.10 bits per heavy atom. The van der Waals surface area contributed by atoms with Crippen LogP contribution in [0.2, 0.25) is 0 Å². The van der Waals surface area contributed by atoms with E-state index in [-0.39, 0.29) is 11.4 Å². The van der Waals surface area contributed by atoms with Gasteiger partial charge in [0.1, 0.15) is 11.6 Å². The minimum atomic E-state index is -0.762. The third kappa shape index (κ3) is 1.98. The lowest BCUT2D eigenvalue weighted by atomic mass is 10.0. The van der Waals surface area contributed by atoms with Crippen LogP contribution in [0.15, 0.2) is 46.9 Å². The van der Waals surface area contributed by atoms with Crippen LogP contribution in [0, 0.1) is 18.6 Å². The molecule has 3 aromatic rings. The SMILES string of the molecule is Cc1cccc(C(N)c2cc3cccc(F)c3o2)c1F. The molecule has 0 aliphatic carbocycles. The summed E-state index contributed by atoms with van der Waals surface area (Å²) in [5.41, 5.74) is 7.04. The molecule has 20 heavy (non-hydrogen) atoms. The van der Waals surface area contributed by atoms with Crippen molar-refractivity contribution in [3.63, 3.8) is 0 Å². The summed E-state index contributed by atoms with van der Waals surface area (Å²) in [5.74, 6) is -0.471. The Morgan fingerprint density at radius 3 is 2.60 bits per heavy atom. The lowest BCUT2D eigenvalue weighted by Crippen LogP contribution is -2.13. The molecule has 0 saturated heterocycles. The van der Waals surface area contributed by atoms with Gasteiger partial charge in [0.2, 0.25) is 0 Å². The van der Waals surface area contributed by atoms with Crippen molar-refractivity contribution in [2.75, 3.05) is 0 Å². The maximum atomic E-state index is 14.1. The first kappa shape index (κ1) is 12.8. The second-order valence-electron chi connectivity index (χ2n) is 4.76. The first-order chi connectivity index (χ1) is 9.58. The van der Waals surface area contributed by atoms with Gasteiger partial charge in [0.25, 0.3) is 0 Å². The Balaban J connectivity index is 2.10. The monoisotopic (exact) mass is 273 g/mol. The molecule has 3 rings (SSSR count). The highest BCUT2D eigenvalue weighted by atomic mass is 19.1. The van der Waals surface area contributed by atoms with Gasteiger partial charge in [-0.25, -0.2) is 8.78 Å². The van der Waals surface area contributed by atoms with Gasteiger partial charge in [-0.15, -0.1) is 0 Å². The quantitative estimate of drug-likeness (QED) is 0.764. The molecular formula is C16H13F2NO. The lowest BCUT2D eigenvalue weighted by Gasteiger charge is -2.11. The van der Waals surface area contributed by atoms with E-state index < -0.39 is 11.9 Å². The molecule has 0 radical (unpaired) electrons. The molecule has 1 atom stereocenters. The van der Waals surface area contributed by atoms with E-state index in [0.717, 1.165) is 0 Å². The van der Waals surface area contributed by atoms with Crippen LogP contribution in [-0.4, -0.2) is 0 Å². The zero-order valence-electron chi connectivity index (χ0n) is 10.9. The maximum Gasteiger partial charge on any atom is 0.169 e. The van der Waals surface area contributed by atoms with Gasteiger partial charge in [0.15, 0.2) is 11.4 Å². The van der Waals surface area contributed by atoms with Crippen LogP contribution in [-0.2, 0) is 0 Å². The first-order valence-corrected chi connectivity index (χ1v) is 6.26. The van der Waals surface area contributed by atoms with E-state index in [1.165, 1.54) is 6.07 Å². The number of benzene rings is 2. The van der Waals surface area contributed by atoms with Crippen LogP contribution in [0.5, 0.6) is 0 Å². The highest BCUT2D eigenvalue weighted by molar-refractivity contribution is 5.78. The van der Waals surface area contributed by atoms with Gasteiger partial charge in [-0.2, -0.15) is 0 Å². The third-order valence-electron chi connectivity index (χ3n) is 3.38. The van der Waals surface area contributed by atoms with E-state index in [0.29, 0.717) is 22.3 Å². The number of hydrogen-bond donors (Lipinski definition) is 1. The molecular weight excluding hydrogens is 260 g/mol. The number of nitrogens with two attached hydrogens (primary N) is 1. The highest BCUT2D eigenvalue weighted by Crippen LogP contribution is 2.29. The Kier molecular flexibility index (Phi) is 3.03. The smallest absolute Gasteiger partial charge is 0.169 e. The predicted molar refractivity (Wildman–Crippen MR) is 73.3 cm³/mol. The maximum absolute atomic E-state index is 14.1. The number of furan rings is 1. The van der Waals surface area contributed by atoms with E-state index >= 15 is 0 Å². The zero-order chi connectivity index (χ0) is 14.3. The van der Waals surface area contributed by atoms with Crippen molar-refractivity contribution < 1.29 is 13.2 Å². The summed E-state index contributed by atoms with van der Waals surface area (Å²) in [7, 11) is 0. The van der Waals surface area contributed by atoms with Gasteiger partial charge in [0.05, 0.1) is 6.04 Å². The van der Waals surface area contributed by atoms with Gasteiger partial charge in [0, 0.05) is 10.9 Å². The molecule has 1 heterocycles. The minimum Gasteiger partial charge on any atom is -0.456 e. The number of fused-ring (bicyclic) bond motifs is 1. The number of hydrogen-bond acceptors (Lipinski definition) is 2. The van der Waals surface area contributed by atoms with Crippen LogP contribution >= 0.6 is 0 Å². The molecule has 0 fully saturated rings. The normalized spacial score (nSPS) is 12.8. The molecule has 102 valence electrons. The molecule has 1 aromatic heterocycles. The van der Waals surface area contributed by atoms with Crippen molar-refractivity contribution in [2.45, 2.75) is 13.0 Å². The Labute approximate surface area is 114 Å². The summed E-state index contributed by atoms with van der Waals surface area (Å²) in [4.78, 5) is 0. The van der Waals surface area contributed by atoms with Crippen molar-refractivity contribution in [1.82, 2.24) is 0 Å². The number of para-hydroxylation sites is 1. The van der Waals surface area contributed by atoms with Crippen molar-refractivity contribution in [1.29, 1.82) is 0 Å². The van der Waals surface area contributed by atoms with Gasteiger partial charge >= 0.3 is 0 Å². The molecule has 0 spiro atoms. The molecule has 0 aliphatic heterocycles. The fraction of sp³-hybridized carbons (Fsp3) is 0.125. The van der Waals surface area contributed by atoms with Gasteiger partial charge in [-0.1, -0.05) is 30.3 Å². The average molecular weight is 273 g/mol. The Morgan fingerprint density at radius 2 is 1.85 bits per heavy atom. The van der Waals surface area contributed by atoms with Crippen molar-refractivity contribution in [2.24, 2.45) is 5.73 Å². The fourth-order valence-corrected chi connectivity index (χ4v) is 2.26. The molecule has 0 saturated carbocycles. The van der Waals surface area contributed by atoms with Crippen molar-refractivity contribution in [3.8, 4) is 0 Å². The number of aryl methyl sites for hydroxylation is 1. The van der Waals surface area contributed by atoms with E-state index in [2.05, 4.69) is 0 Å². The second kappa shape index (κ2) is 4.72. The van der Waals surface area contributed by atoms with Crippen LogP contribution in [0.4, 0.5) is 8.78 Å². The summed E-state index contributed by atoms with van der Waals surface area (Å²) in [6, 6.07) is 10.5. The van der Waals surface area contributed by atoms with Gasteiger partial charge in [-0.05, 0) is 24.6 Å². The van der Waals surface area contributed by atoms with Crippen LogP contribution in [0.3, 0.4) is 0 Å². The fourth-order valence-electron chi connectivity index (χ4n) is 2.26. The topological polar surface area (TPSA) is 39.2 Å². The predicted octanol–water partition coefficient (Wildman–Crippen LogP) is 4.07. The molecule has 2 nitrogen and oxygen atoms in total. The van der Waals surface area contributed by atoms with Crippen LogP contribution in [0.1, 0.15) is 22.9 Å². The van der Waals surface area contributed by atoms with E-state index in [4.69, 9.17) is 10.2 Å². The van der Waals surface area contributed by atoms with Gasteiger partial charge < -0.3 is 10.2 Å². The molecule has 0 aliphatic rings. The van der Waals surface area contributed by atoms with E-state index in [1.807, 2.05) is 0 Å². The Hall–Kier alpha value is -2.20. The summed E-state index contributed by atoms with van der Waals surface area (Å²) in [6.45, 7) is 1.67. The van der Waals surface area contributed by atoms with Gasteiger partial charge in [-0.3, -0.25) is 0 Å². The van der Waals surface area contributed by atoms with E-state index in [1.54, 1.807) is 43.3 Å². The number of rotatable bonds is 2. The van der Waals surface area contributed by atoms with Crippen molar-refractivity contribution in [3.05, 3.63) is 71.0 Å². The molecule has 2 N–H and O–H groups in total. The largest absolute Gasteiger partial charge is 0.456 e. The molecule has 2 aromatic carbocycles. The summed E-state index contributed by atoms with van der Waals surface area (Å²) < 4.78 is 33.1. The average Bonchev–Trinajstić information content (AvgIpc) is 2.87. The summed E-state index contributed by atoms with van der Waals surface area (Å²) in [6.07, 6.45) is 0. The standard InChI is InChI=1S/C16H13F2NO/c1-9-4-2-6-11(14(9)18)15(19)13-8-10-5-3-7-12(17)16(10)20-13/h2-8,15H,19H2,1H3. The highest BCUT2D eigenvalue weighted by Gasteiger charge is 2.19. The van der Waals surface area contributed by atoms with Crippen LogP contribution in [0.25, 0.3) is 11.0 Å². The van der Waals surface area contributed by atoms with E-state index in [9.17, 15) is 8.78 Å². The zero-order valence-corrected chi connectivity index (χ0v) is 10.9. The minimum absolute atomic E-state index is 0.144. The lowest BCUT2D eigenvalue weighted by molar-refractivity contribution is 0.492. The Bertz CT molecular complexity index is 779. The van der Waals surface area contributed by atoms with Crippen LogP contribution < -0.4 is 5.73 Å².